The molecule has 5 heteroatoms. The lowest BCUT2D eigenvalue weighted by molar-refractivity contribution is -0.127. The van der Waals surface area contributed by atoms with Crippen molar-refractivity contribution in [3.05, 3.63) is 48.1 Å². The molecule has 3 amide bonds. The fourth-order valence-electron chi connectivity index (χ4n) is 5.31. The molecule has 0 N–H and O–H groups in total. The van der Waals surface area contributed by atoms with Crippen LogP contribution in [-0.2, 0) is 14.4 Å². The van der Waals surface area contributed by atoms with E-state index in [1.165, 1.54) is 11.3 Å². The van der Waals surface area contributed by atoms with E-state index in [0.717, 1.165) is 37.9 Å². The molecule has 4 atom stereocenters. The van der Waals surface area contributed by atoms with Crippen molar-refractivity contribution in [2.24, 2.45) is 23.7 Å². The molecule has 2 heterocycles. The summed E-state index contributed by atoms with van der Waals surface area (Å²) < 4.78 is 0. The molecule has 5 rings (SSSR count). The number of allylic oxidation sites excluding steroid dienone is 2. The number of hydrogen-bond donors (Lipinski definition) is 0. The molecule has 1 aromatic carbocycles. The zero-order valence-corrected chi connectivity index (χ0v) is 15.8. The van der Waals surface area contributed by atoms with Crippen LogP contribution in [0, 0.1) is 23.7 Å². The monoisotopic (exact) mass is 376 g/mol. The Labute approximate surface area is 164 Å². The summed E-state index contributed by atoms with van der Waals surface area (Å²) in [6.07, 6.45) is 11.8. The summed E-state index contributed by atoms with van der Waals surface area (Å²) in [5.41, 5.74) is 1.43. The molecule has 0 radical (unpaired) electrons. The Balaban J connectivity index is 1.35. The van der Waals surface area contributed by atoms with Gasteiger partial charge in [0.2, 0.25) is 17.7 Å². The first-order valence-corrected chi connectivity index (χ1v) is 10.3. The lowest BCUT2D eigenvalue weighted by atomic mass is 9.85. The first-order valence-electron chi connectivity index (χ1n) is 10.3. The number of rotatable bonds is 3. The number of piperidine rings is 1. The summed E-state index contributed by atoms with van der Waals surface area (Å²) in [5.74, 6) is -0.0847. The molecule has 0 aromatic heterocycles. The summed E-state index contributed by atoms with van der Waals surface area (Å²) in [4.78, 5) is 41.5. The maximum absolute atomic E-state index is 13.0. The number of anilines is 1. The number of carbonyl (C=O) groups is 3. The van der Waals surface area contributed by atoms with Crippen LogP contribution in [-0.4, -0.2) is 35.7 Å². The second-order valence-corrected chi connectivity index (χ2v) is 8.33. The van der Waals surface area contributed by atoms with Gasteiger partial charge in [-0.05, 0) is 61.3 Å². The van der Waals surface area contributed by atoms with Crippen LogP contribution in [0.25, 0.3) is 6.08 Å². The topological polar surface area (TPSA) is 57.7 Å². The average Bonchev–Trinajstić information content (AvgIpc) is 3.41. The number of imide groups is 1. The van der Waals surface area contributed by atoms with Gasteiger partial charge in [-0.2, -0.15) is 0 Å². The van der Waals surface area contributed by atoms with Gasteiger partial charge in [-0.1, -0.05) is 24.3 Å². The van der Waals surface area contributed by atoms with E-state index >= 15 is 0 Å². The van der Waals surface area contributed by atoms with Gasteiger partial charge < -0.3 is 4.90 Å². The van der Waals surface area contributed by atoms with E-state index in [9.17, 15) is 14.4 Å². The van der Waals surface area contributed by atoms with Gasteiger partial charge in [0.15, 0.2) is 0 Å². The number of carbonyl (C=O) groups excluding carboxylic acids is 3. The predicted molar refractivity (Wildman–Crippen MR) is 106 cm³/mol. The third-order valence-electron chi connectivity index (χ3n) is 6.68. The Bertz CT molecular complexity index is 867. The summed E-state index contributed by atoms with van der Waals surface area (Å²) in [7, 11) is 0. The van der Waals surface area contributed by atoms with Crippen LogP contribution in [0.3, 0.4) is 0 Å². The first-order chi connectivity index (χ1) is 13.6. The highest BCUT2D eigenvalue weighted by atomic mass is 16.2. The Morgan fingerprint density at radius 2 is 1.64 bits per heavy atom. The van der Waals surface area contributed by atoms with Gasteiger partial charge in [-0.25, -0.2) is 4.90 Å². The van der Waals surface area contributed by atoms with Crippen molar-refractivity contribution < 1.29 is 14.4 Å². The van der Waals surface area contributed by atoms with Crippen LogP contribution in [0.4, 0.5) is 5.69 Å². The average molecular weight is 376 g/mol. The Morgan fingerprint density at radius 3 is 2.32 bits per heavy atom. The van der Waals surface area contributed by atoms with Gasteiger partial charge in [-0.15, -0.1) is 0 Å². The van der Waals surface area contributed by atoms with Crippen molar-refractivity contribution in [2.45, 2.75) is 25.7 Å². The molecule has 0 unspecified atom stereocenters. The maximum Gasteiger partial charge on any atom is 0.246 e. The highest BCUT2D eigenvalue weighted by Gasteiger charge is 2.59. The summed E-state index contributed by atoms with van der Waals surface area (Å²) in [6.45, 7) is 1.64. The molecule has 2 saturated heterocycles. The Hall–Kier alpha value is -2.69. The second kappa shape index (κ2) is 6.73. The first kappa shape index (κ1) is 17.4. The van der Waals surface area contributed by atoms with Crippen molar-refractivity contribution in [1.29, 1.82) is 0 Å². The highest BCUT2D eigenvalue weighted by molar-refractivity contribution is 6.22. The number of fused-ring (bicyclic) bond motifs is 5. The van der Waals surface area contributed by atoms with Crippen LogP contribution >= 0.6 is 0 Å². The molecule has 2 bridgehead atoms. The van der Waals surface area contributed by atoms with E-state index in [1.54, 1.807) is 18.2 Å². The van der Waals surface area contributed by atoms with Gasteiger partial charge in [0, 0.05) is 19.2 Å². The van der Waals surface area contributed by atoms with Crippen molar-refractivity contribution in [3.63, 3.8) is 0 Å². The Kier molecular flexibility index (Phi) is 4.18. The lowest BCUT2D eigenvalue weighted by Gasteiger charge is -2.25. The molecular formula is C23H24N2O3. The third kappa shape index (κ3) is 2.72. The smallest absolute Gasteiger partial charge is 0.246 e. The third-order valence-corrected chi connectivity index (χ3v) is 6.68. The van der Waals surface area contributed by atoms with E-state index in [1.807, 2.05) is 23.1 Å². The standard InChI is InChI=1S/C23H24N2O3/c26-19(24-11-2-1-3-12-24)10-7-15-5-4-6-18(13-15)25-22(27)20-16-8-9-17(14-16)21(20)23(25)28/h4-10,13,16-17,20-21H,1-3,11-12,14H2/b10-7+/t16-,17-,20+,21+/m0/s1. The van der Waals surface area contributed by atoms with Gasteiger partial charge in [-0.3, -0.25) is 14.4 Å². The minimum atomic E-state index is -0.192. The van der Waals surface area contributed by atoms with Gasteiger partial charge in [0.05, 0.1) is 17.5 Å². The highest BCUT2D eigenvalue weighted by Crippen LogP contribution is 2.53. The molecule has 5 nitrogen and oxygen atoms in total. The summed E-state index contributed by atoms with van der Waals surface area (Å²) in [6, 6.07) is 7.35. The minimum Gasteiger partial charge on any atom is -0.339 e. The lowest BCUT2D eigenvalue weighted by Crippen LogP contribution is -2.34. The molecule has 2 aliphatic heterocycles. The van der Waals surface area contributed by atoms with Gasteiger partial charge >= 0.3 is 0 Å². The van der Waals surface area contributed by atoms with E-state index in [-0.39, 0.29) is 41.4 Å². The molecule has 1 saturated carbocycles. The summed E-state index contributed by atoms with van der Waals surface area (Å²) >= 11 is 0. The fraction of sp³-hybridized carbons (Fsp3) is 0.435. The van der Waals surface area contributed by atoms with Crippen LogP contribution in [0.2, 0.25) is 0 Å². The van der Waals surface area contributed by atoms with Gasteiger partial charge in [0.25, 0.3) is 0 Å². The molecule has 1 aromatic rings. The molecular weight excluding hydrogens is 352 g/mol. The Morgan fingerprint density at radius 1 is 0.964 bits per heavy atom. The van der Waals surface area contributed by atoms with Crippen LogP contribution < -0.4 is 4.90 Å². The van der Waals surface area contributed by atoms with Gasteiger partial charge in [0.1, 0.15) is 0 Å². The molecule has 3 fully saturated rings. The molecule has 2 aliphatic carbocycles. The minimum absolute atomic E-state index is 0.0237. The molecule has 0 spiro atoms. The predicted octanol–water partition coefficient (Wildman–Crippen LogP) is 3.02. The van der Waals surface area contributed by atoms with Crippen LogP contribution in [0.15, 0.2) is 42.5 Å². The number of nitrogens with zero attached hydrogens (tertiary/aromatic N) is 2. The quantitative estimate of drug-likeness (QED) is 0.463. The number of likely N-dealkylation sites (tertiary alicyclic amines) is 1. The number of benzene rings is 1. The number of hydrogen-bond acceptors (Lipinski definition) is 3. The van der Waals surface area contributed by atoms with Crippen molar-refractivity contribution in [1.82, 2.24) is 4.90 Å². The second-order valence-electron chi connectivity index (χ2n) is 8.33. The van der Waals surface area contributed by atoms with Crippen molar-refractivity contribution in [2.75, 3.05) is 18.0 Å². The molecule has 144 valence electrons. The maximum atomic E-state index is 13.0. The number of amides is 3. The van der Waals surface area contributed by atoms with Crippen molar-refractivity contribution in [3.8, 4) is 0 Å². The molecule has 28 heavy (non-hydrogen) atoms. The zero-order valence-electron chi connectivity index (χ0n) is 15.8. The fourth-order valence-corrected chi connectivity index (χ4v) is 5.31. The van der Waals surface area contributed by atoms with E-state index in [4.69, 9.17) is 0 Å². The summed E-state index contributed by atoms with van der Waals surface area (Å²) in [5, 5.41) is 0. The SMILES string of the molecule is O=C(/C=C/c1cccc(N2C(=O)[C@H]3[C@H](C2=O)[C@H]2C=C[C@H]3C2)c1)N1CCCCC1. The van der Waals surface area contributed by atoms with Crippen LogP contribution in [0.5, 0.6) is 0 Å². The molecule has 4 aliphatic rings. The largest absolute Gasteiger partial charge is 0.339 e. The normalized spacial score (nSPS) is 31.3. The van der Waals surface area contributed by atoms with Crippen LogP contribution in [0.1, 0.15) is 31.2 Å². The zero-order chi connectivity index (χ0) is 19.3. The van der Waals surface area contributed by atoms with E-state index in [0.29, 0.717) is 5.69 Å². The van der Waals surface area contributed by atoms with E-state index < -0.39 is 0 Å². The van der Waals surface area contributed by atoms with E-state index in [2.05, 4.69) is 12.2 Å². The van der Waals surface area contributed by atoms with Crippen molar-refractivity contribution >= 4 is 29.5 Å².